The smallest absolute Gasteiger partial charge is 0.309 e. The summed E-state index contributed by atoms with van der Waals surface area (Å²) in [7, 11) is 0. The Morgan fingerprint density at radius 3 is 2.30 bits per heavy atom. The van der Waals surface area contributed by atoms with Gasteiger partial charge in [0.15, 0.2) is 17.2 Å². The molecule has 0 spiro atoms. The van der Waals surface area contributed by atoms with Gasteiger partial charge in [0.2, 0.25) is 0 Å². The van der Waals surface area contributed by atoms with Crippen LogP contribution in [0.5, 0.6) is 0 Å². The summed E-state index contributed by atoms with van der Waals surface area (Å²) >= 11 is 0. The van der Waals surface area contributed by atoms with Crippen molar-refractivity contribution in [1.29, 1.82) is 0 Å². The van der Waals surface area contributed by atoms with Gasteiger partial charge in [0, 0.05) is 23.2 Å². The number of fused-ring (bicyclic) bond motifs is 5. The summed E-state index contributed by atoms with van der Waals surface area (Å²) in [4.78, 5) is 26.4. The normalized spacial score (nSPS) is 50.9. The molecular weight excluding hydrogens is 480 g/mol. The maximum atomic E-state index is 13.3. The lowest BCUT2D eigenvalue weighted by Gasteiger charge is -2.65. The Morgan fingerprint density at radius 2 is 1.73 bits per heavy atom. The maximum absolute atomic E-state index is 13.3. The fraction of sp³-hybridized carbons (Fsp3) is 0.857. The first-order valence-electron chi connectivity index (χ1n) is 13.4. The molecule has 3 aliphatic carbocycles. The number of carbonyl (C=O) groups excluding carboxylic acids is 2. The number of hydrogen-bond donors (Lipinski definition) is 4. The van der Waals surface area contributed by atoms with Crippen LogP contribution in [0.15, 0.2) is 12.2 Å². The van der Waals surface area contributed by atoms with Crippen molar-refractivity contribution in [3.05, 3.63) is 12.2 Å². The van der Waals surface area contributed by atoms with E-state index >= 15 is 0 Å². The van der Waals surface area contributed by atoms with Crippen LogP contribution in [0.25, 0.3) is 0 Å². The number of ether oxygens (including phenoxy) is 3. The van der Waals surface area contributed by atoms with Crippen molar-refractivity contribution < 1.29 is 44.2 Å². The molecule has 9 nitrogen and oxygen atoms in total. The number of aliphatic hydroxyl groups excluding tert-OH is 1. The van der Waals surface area contributed by atoms with Crippen molar-refractivity contribution in [1.82, 2.24) is 0 Å². The molecule has 1 aliphatic heterocycles. The zero-order chi connectivity index (χ0) is 28.1. The molecular formula is C28H44O9. The van der Waals surface area contributed by atoms with Gasteiger partial charge in [0.25, 0.3) is 0 Å². The molecule has 0 aromatic heterocycles. The number of carbonyl (C=O) groups is 2. The van der Waals surface area contributed by atoms with Crippen molar-refractivity contribution in [2.75, 3.05) is 6.61 Å². The van der Waals surface area contributed by atoms with Crippen LogP contribution in [0.1, 0.15) is 68.7 Å². The van der Waals surface area contributed by atoms with E-state index in [0.717, 1.165) is 0 Å². The number of ketones is 1. The topological polar surface area (TPSA) is 143 Å². The first-order valence-corrected chi connectivity index (χ1v) is 13.4. The molecule has 0 bridgehead atoms. The first-order chi connectivity index (χ1) is 16.8. The molecule has 0 aromatic carbocycles. The fourth-order valence-electron chi connectivity index (χ4n) is 7.78. The highest BCUT2D eigenvalue weighted by molar-refractivity contribution is 6.01. The lowest BCUT2D eigenvalue weighted by atomic mass is 9.44. The van der Waals surface area contributed by atoms with Crippen LogP contribution < -0.4 is 0 Å². The van der Waals surface area contributed by atoms with Gasteiger partial charge < -0.3 is 34.6 Å². The van der Waals surface area contributed by atoms with Gasteiger partial charge in [0.1, 0.15) is 17.3 Å². The minimum Gasteiger partial charge on any atom is -0.456 e. The number of rotatable bonds is 3. The van der Waals surface area contributed by atoms with E-state index in [1.807, 2.05) is 6.92 Å². The molecule has 4 rings (SSSR count). The van der Waals surface area contributed by atoms with E-state index in [1.54, 1.807) is 55.4 Å². The van der Waals surface area contributed by atoms with Crippen LogP contribution in [0.3, 0.4) is 0 Å². The Labute approximate surface area is 219 Å². The van der Waals surface area contributed by atoms with Crippen LogP contribution in [0.2, 0.25) is 0 Å². The Kier molecular flexibility index (Phi) is 6.44. The molecule has 0 unspecified atom stereocenters. The minimum atomic E-state index is -2.31. The summed E-state index contributed by atoms with van der Waals surface area (Å²) in [6.07, 6.45) is 0.464. The van der Waals surface area contributed by atoms with Gasteiger partial charge >= 0.3 is 5.97 Å². The van der Waals surface area contributed by atoms with Gasteiger partial charge in [-0.25, -0.2) is 0 Å². The molecule has 3 fully saturated rings. The average Bonchev–Trinajstić information content (AvgIpc) is 3.10. The second-order valence-corrected chi connectivity index (χ2v) is 13.2. The molecule has 9 heteroatoms. The summed E-state index contributed by atoms with van der Waals surface area (Å²) < 4.78 is 18.1. The summed E-state index contributed by atoms with van der Waals surface area (Å²) in [5.41, 5.74) is -8.69. The van der Waals surface area contributed by atoms with Crippen molar-refractivity contribution in [2.45, 2.75) is 109 Å². The molecule has 37 heavy (non-hydrogen) atoms. The molecule has 0 aromatic rings. The maximum Gasteiger partial charge on any atom is 0.309 e. The van der Waals surface area contributed by atoms with E-state index in [-0.39, 0.29) is 6.61 Å². The zero-order valence-corrected chi connectivity index (χ0v) is 23.4. The standard InChI is InChI=1S/C28H44O9/c1-10-14(2)21(31)36-25(9)20(30)16(4)27(33)17-11-12-18(29)28(17,34)22-26(32,13-35-24(7,8)37-22)15(3)19(27)23(25,5)6/h11-12,14-17,19-20,22,30,32-34H,10,13H2,1-9H3/t14-,15-,16+,17-,19-,20+,22+,25+,26-,27-,28+/m0/s1. The predicted octanol–water partition coefficient (Wildman–Crippen LogP) is 1.74. The van der Waals surface area contributed by atoms with E-state index < -0.39 is 87.2 Å². The molecule has 1 heterocycles. The second-order valence-electron chi connectivity index (χ2n) is 13.2. The lowest BCUT2D eigenvalue weighted by Crippen LogP contribution is -2.75. The highest BCUT2D eigenvalue weighted by atomic mass is 16.7. The van der Waals surface area contributed by atoms with Crippen LogP contribution in [-0.4, -0.2) is 79.2 Å². The van der Waals surface area contributed by atoms with Crippen molar-refractivity contribution >= 4 is 11.8 Å². The predicted molar refractivity (Wildman–Crippen MR) is 133 cm³/mol. The highest BCUT2D eigenvalue weighted by Crippen LogP contribution is 2.67. The molecule has 4 N–H and O–H groups in total. The molecule has 11 atom stereocenters. The first kappa shape index (κ1) is 28.6. The Hall–Kier alpha value is -1.36. The highest BCUT2D eigenvalue weighted by Gasteiger charge is 2.80. The molecule has 1 saturated heterocycles. The van der Waals surface area contributed by atoms with Crippen molar-refractivity contribution in [3.8, 4) is 0 Å². The average molecular weight is 525 g/mol. The Bertz CT molecular complexity index is 1010. The van der Waals surface area contributed by atoms with Gasteiger partial charge in [-0.3, -0.25) is 9.59 Å². The van der Waals surface area contributed by atoms with E-state index in [4.69, 9.17) is 14.2 Å². The van der Waals surface area contributed by atoms with E-state index in [1.165, 1.54) is 12.2 Å². The molecule has 2 saturated carbocycles. The summed E-state index contributed by atoms with van der Waals surface area (Å²) in [6, 6.07) is 0. The Morgan fingerprint density at radius 1 is 1.14 bits per heavy atom. The van der Waals surface area contributed by atoms with E-state index in [2.05, 4.69) is 0 Å². The third kappa shape index (κ3) is 3.44. The molecule has 4 aliphatic rings. The van der Waals surface area contributed by atoms with Crippen LogP contribution in [-0.2, 0) is 23.8 Å². The van der Waals surface area contributed by atoms with Gasteiger partial charge in [-0.05, 0) is 39.2 Å². The monoisotopic (exact) mass is 524 g/mol. The van der Waals surface area contributed by atoms with Gasteiger partial charge in [-0.1, -0.05) is 47.6 Å². The number of hydrogen-bond acceptors (Lipinski definition) is 9. The summed E-state index contributed by atoms with van der Waals surface area (Å²) in [6.45, 7) is 15.2. The Balaban J connectivity index is 1.97. The molecule has 210 valence electrons. The zero-order valence-electron chi connectivity index (χ0n) is 23.4. The van der Waals surface area contributed by atoms with Crippen LogP contribution in [0, 0.1) is 35.0 Å². The van der Waals surface area contributed by atoms with Crippen molar-refractivity contribution in [2.24, 2.45) is 35.0 Å². The molecule has 0 radical (unpaired) electrons. The van der Waals surface area contributed by atoms with Gasteiger partial charge in [-0.15, -0.1) is 0 Å². The van der Waals surface area contributed by atoms with Gasteiger partial charge in [0.05, 0.1) is 24.2 Å². The third-order valence-electron chi connectivity index (χ3n) is 10.7. The fourth-order valence-corrected chi connectivity index (χ4v) is 7.78. The SMILES string of the molecule is CC[C@H](C)C(=O)O[C@]1(C)[C@H](O)[C@@H](C)[C@]2(O)[C@@H]3C=CC(=O)[C@@]3(O)[C@@H]3OC(C)(C)OC[C@]3(O)[C@@H](C)[C@H]2C1(C)C. The van der Waals surface area contributed by atoms with Crippen LogP contribution >= 0.6 is 0 Å². The second kappa shape index (κ2) is 8.32. The minimum absolute atomic E-state index is 0.253. The quantitative estimate of drug-likeness (QED) is 0.406. The van der Waals surface area contributed by atoms with E-state index in [9.17, 15) is 30.0 Å². The summed E-state index contributed by atoms with van der Waals surface area (Å²) in [5, 5.41) is 48.9. The lowest BCUT2D eigenvalue weighted by molar-refractivity contribution is -0.367. The number of esters is 1. The number of aliphatic hydroxyl groups is 4. The van der Waals surface area contributed by atoms with E-state index in [0.29, 0.717) is 6.42 Å². The largest absolute Gasteiger partial charge is 0.456 e. The van der Waals surface area contributed by atoms with Crippen LogP contribution in [0.4, 0.5) is 0 Å². The third-order valence-corrected chi connectivity index (χ3v) is 10.7. The summed E-state index contributed by atoms with van der Waals surface area (Å²) in [5.74, 6) is -6.62. The van der Waals surface area contributed by atoms with Gasteiger partial charge in [-0.2, -0.15) is 0 Å². The molecule has 0 amide bonds. The van der Waals surface area contributed by atoms with Crippen molar-refractivity contribution in [3.63, 3.8) is 0 Å².